The smallest absolute Gasteiger partial charge is 0.258 e. The monoisotopic (exact) mass is 226 g/mol. The van der Waals surface area contributed by atoms with Gasteiger partial charge in [0.15, 0.2) is 9.84 Å². The molecule has 0 radical (unpaired) electrons. The van der Waals surface area contributed by atoms with Crippen molar-refractivity contribution in [2.75, 3.05) is 6.26 Å². The number of rotatable bonds is 2. The van der Waals surface area contributed by atoms with Crippen LogP contribution in [0.15, 0.2) is 23.1 Å². The molecule has 0 aliphatic rings. The Morgan fingerprint density at radius 3 is 2.47 bits per heavy atom. The fourth-order valence-electron chi connectivity index (χ4n) is 0.995. The van der Waals surface area contributed by atoms with Gasteiger partial charge in [0.2, 0.25) is 0 Å². The minimum atomic E-state index is -3.45. The van der Waals surface area contributed by atoms with Gasteiger partial charge in [0.25, 0.3) is 5.69 Å². The quantitative estimate of drug-likeness (QED) is 0.550. The molecule has 1 rings (SSSR count). The molecule has 0 aliphatic carbocycles. The van der Waals surface area contributed by atoms with Crippen LogP contribution in [0.4, 0.5) is 5.69 Å². The van der Waals surface area contributed by atoms with E-state index in [-0.39, 0.29) is 10.5 Å². The Hall–Kier alpha value is -1.94. The third kappa shape index (κ3) is 2.30. The molecule has 1 aromatic rings. The molecular formula is C8H6N2O4S. The van der Waals surface area contributed by atoms with Gasteiger partial charge >= 0.3 is 0 Å². The van der Waals surface area contributed by atoms with E-state index in [1.54, 1.807) is 6.07 Å². The summed E-state index contributed by atoms with van der Waals surface area (Å²) in [4.78, 5) is 9.61. The molecule has 0 spiro atoms. The van der Waals surface area contributed by atoms with Gasteiger partial charge in [-0.3, -0.25) is 10.1 Å². The summed E-state index contributed by atoms with van der Waals surface area (Å²) >= 11 is 0. The molecule has 15 heavy (non-hydrogen) atoms. The highest BCUT2D eigenvalue weighted by molar-refractivity contribution is 7.90. The van der Waals surface area contributed by atoms with Gasteiger partial charge in [0, 0.05) is 12.3 Å². The maximum atomic E-state index is 11.1. The number of hydrogen-bond acceptors (Lipinski definition) is 5. The predicted molar refractivity (Wildman–Crippen MR) is 50.9 cm³/mol. The van der Waals surface area contributed by atoms with Crippen LogP contribution in [0, 0.1) is 21.4 Å². The van der Waals surface area contributed by atoms with E-state index >= 15 is 0 Å². The summed E-state index contributed by atoms with van der Waals surface area (Å²) in [6.07, 6.45) is 0.968. The van der Waals surface area contributed by atoms with Crippen molar-refractivity contribution >= 4 is 15.5 Å². The van der Waals surface area contributed by atoms with Crippen molar-refractivity contribution < 1.29 is 13.3 Å². The van der Waals surface area contributed by atoms with Crippen LogP contribution in [-0.4, -0.2) is 19.6 Å². The number of nitriles is 1. The summed E-state index contributed by atoms with van der Waals surface area (Å²) in [7, 11) is -3.45. The van der Waals surface area contributed by atoms with Crippen LogP contribution in [0.3, 0.4) is 0 Å². The first-order valence-corrected chi connectivity index (χ1v) is 5.64. The number of nitrogens with zero attached hydrogens (tertiary/aromatic N) is 2. The molecule has 0 amide bonds. The Labute approximate surface area is 85.8 Å². The maximum absolute atomic E-state index is 11.1. The van der Waals surface area contributed by atoms with Crippen molar-refractivity contribution in [3.8, 4) is 6.07 Å². The Morgan fingerprint density at radius 2 is 2.07 bits per heavy atom. The van der Waals surface area contributed by atoms with Crippen molar-refractivity contribution in [2.45, 2.75) is 4.90 Å². The molecule has 0 saturated heterocycles. The van der Waals surface area contributed by atoms with Crippen LogP contribution < -0.4 is 0 Å². The molecule has 0 aliphatic heterocycles. The zero-order valence-electron chi connectivity index (χ0n) is 7.67. The molecule has 6 nitrogen and oxygen atoms in total. The molecule has 7 heteroatoms. The normalized spacial score (nSPS) is 10.7. The third-order valence-electron chi connectivity index (χ3n) is 1.71. The van der Waals surface area contributed by atoms with Crippen molar-refractivity contribution in [3.63, 3.8) is 0 Å². The van der Waals surface area contributed by atoms with Gasteiger partial charge in [-0.05, 0) is 12.1 Å². The van der Waals surface area contributed by atoms with Crippen molar-refractivity contribution in [2.24, 2.45) is 0 Å². The molecule has 0 atom stereocenters. The van der Waals surface area contributed by atoms with Gasteiger partial charge in [0.05, 0.1) is 9.82 Å². The van der Waals surface area contributed by atoms with E-state index in [4.69, 9.17) is 5.26 Å². The third-order valence-corrected chi connectivity index (χ3v) is 2.82. The van der Waals surface area contributed by atoms with Crippen LogP contribution in [0.5, 0.6) is 0 Å². The maximum Gasteiger partial charge on any atom is 0.287 e. The van der Waals surface area contributed by atoms with Crippen LogP contribution in [0.2, 0.25) is 0 Å². The first-order chi connectivity index (χ1) is 6.86. The lowest BCUT2D eigenvalue weighted by Crippen LogP contribution is -1.99. The highest BCUT2D eigenvalue weighted by Crippen LogP contribution is 2.21. The Kier molecular flexibility index (Phi) is 2.72. The van der Waals surface area contributed by atoms with Crippen LogP contribution in [-0.2, 0) is 9.84 Å². The van der Waals surface area contributed by atoms with E-state index < -0.39 is 20.4 Å². The van der Waals surface area contributed by atoms with E-state index in [0.29, 0.717) is 0 Å². The molecule has 1 aromatic carbocycles. The van der Waals surface area contributed by atoms with E-state index in [1.165, 1.54) is 0 Å². The van der Waals surface area contributed by atoms with Gasteiger partial charge in [0.1, 0.15) is 11.6 Å². The standard InChI is InChI=1S/C8H6N2O4S/c1-15(13,14)7-2-3-8(10(11)12)6(4-7)5-9/h2-4H,1H3. The van der Waals surface area contributed by atoms with Crippen LogP contribution in [0.25, 0.3) is 0 Å². The number of nitro groups is 1. The average molecular weight is 226 g/mol. The second-order valence-corrected chi connectivity index (χ2v) is 4.84. The van der Waals surface area contributed by atoms with Gasteiger partial charge in [-0.25, -0.2) is 8.42 Å². The lowest BCUT2D eigenvalue weighted by Gasteiger charge is -1.99. The number of benzene rings is 1. The number of sulfone groups is 1. The summed E-state index contributed by atoms with van der Waals surface area (Å²) in [6.45, 7) is 0. The van der Waals surface area contributed by atoms with Gasteiger partial charge in [-0.1, -0.05) is 0 Å². The molecule has 78 valence electrons. The largest absolute Gasteiger partial charge is 0.287 e. The summed E-state index contributed by atoms with van der Waals surface area (Å²) < 4.78 is 22.2. The molecule has 0 fully saturated rings. The number of nitro benzene ring substituents is 1. The number of hydrogen-bond donors (Lipinski definition) is 0. The molecule has 0 bridgehead atoms. The molecule has 0 heterocycles. The van der Waals surface area contributed by atoms with E-state index in [0.717, 1.165) is 24.5 Å². The van der Waals surface area contributed by atoms with E-state index in [1.807, 2.05) is 0 Å². The van der Waals surface area contributed by atoms with E-state index in [9.17, 15) is 18.5 Å². The van der Waals surface area contributed by atoms with Crippen LogP contribution >= 0.6 is 0 Å². The molecule has 0 aromatic heterocycles. The zero-order valence-corrected chi connectivity index (χ0v) is 8.48. The fraction of sp³-hybridized carbons (Fsp3) is 0.125. The predicted octanol–water partition coefficient (Wildman–Crippen LogP) is 0.870. The van der Waals surface area contributed by atoms with Gasteiger partial charge in [-0.2, -0.15) is 5.26 Å². The summed E-state index contributed by atoms with van der Waals surface area (Å²) in [5, 5.41) is 19.1. The topological polar surface area (TPSA) is 101 Å². The average Bonchev–Trinajstić information content (AvgIpc) is 2.15. The van der Waals surface area contributed by atoms with Crippen molar-refractivity contribution in [1.82, 2.24) is 0 Å². The first-order valence-electron chi connectivity index (χ1n) is 3.75. The highest BCUT2D eigenvalue weighted by atomic mass is 32.2. The molecule has 0 saturated carbocycles. The molecular weight excluding hydrogens is 220 g/mol. The minimum Gasteiger partial charge on any atom is -0.258 e. The lowest BCUT2D eigenvalue weighted by molar-refractivity contribution is -0.385. The lowest BCUT2D eigenvalue weighted by atomic mass is 10.2. The minimum absolute atomic E-state index is 0.107. The first kappa shape index (κ1) is 11.1. The second-order valence-electron chi connectivity index (χ2n) is 2.82. The van der Waals surface area contributed by atoms with Gasteiger partial charge in [-0.15, -0.1) is 0 Å². The highest BCUT2D eigenvalue weighted by Gasteiger charge is 2.17. The summed E-state index contributed by atoms with van der Waals surface area (Å²) in [5.74, 6) is 0. The Balaban J connectivity index is 3.47. The Morgan fingerprint density at radius 1 is 1.47 bits per heavy atom. The fourth-order valence-corrected chi connectivity index (χ4v) is 1.64. The molecule has 0 unspecified atom stereocenters. The van der Waals surface area contributed by atoms with Gasteiger partial charge < -0.3 is 0 Å². The van der Waals surface area contributed by atoms with Crippen LogP contribution in [0.1, 0.15) is 5.56 Å². The van der Waals surface area contributed by atoms with E-state index in [2.05, 4.69) is 0 Å². The second kappa shape index (κ2) is 3.67. The van der Waals surface area contributed by atoms with Crippen molar-refractivity contribution in [1.29, 1.82) is 5.26 Å². The van der Waals surface area contributed by atoms with Crippen molar-refractivity contribution in [3.05, 3.63) is 33.9 Å². The summed E-state index contributed by atoms with van der Waals surface area (Å²) in [6, 6.07) is 4.69. The SMILES string of the molecule is CS(=O)(=O)c1ccc([N+](=O)[O-])c(C#N)c1. The summed E-state index contributed by atoms with van der Waals surface area (Å²) in [5.41, 5.74) is -0.659. The zero-order chi connectivity index (χ0) is 11.6. The Bertz CT molecular complexity index is 556. The molecule has 0 N–H and O–H groups in total.